The standard InChI is InChI=1S/C16H29F3N4/c1-2-20-15(21-9-8-16(17,18)19)22-14-7-10-23(12-14)11-13-5-3-4-6-13/h13-14H,2-12H2,1H3,(H2,20,21,22). The van der Waals surface area contributed by atoms with E-state index in [2.05, 4.69) is 20.5 Å². The lowest BCUT2D eigenvalue weighted by Gasteiger charge is -2.21. The number of rotatable bonds is 6. The van der Waals surface area contributed by atoms with Gasteiger partial charge in [-0.2, -0.15) is 13.2 Å². The van der Waals surface area contributed by atoms with Crippen LogP contribution in [0.2, 0.25) is 0 Å². The zero-order valence-corrected chi connectivity index (χ0v) is 14.0. The number of hydrogen-bond acceptors (Lipinski definition) is 2. The molecule has 7 heteroatoms. The predicted octanol–water partition coefficient (Wildman–Crippen LogP) is 2.76. The number of likely N-dealkylation sites (tertiary alicyclic amines) is 1. The van der Waals surface area contributed by atoms with Gasteiger partial charge in [0.05, 0.1) is 13.0 Å². The molecule has 2 N–H and O–H groups in total. The monoisotopic (exact) mass is 334 g/mol. The lowest BCUT2D eigenvalue weighted by Crippen LogP contribution is -2.45. The molecule has 23 heavy (non-hydrogen) atoms. The molecule has 0 aromatic carbocycles. The number of nitrogens with zero attached hydrogens (tertiary/aromatic N) is 2. The van der Waals surface area contributed by atoms with Gasteiger partial charge in [-0.25, -0.2) is 0 Å². The highest BCUT2D eigenvalue weighted by molar-refractivity contribution is 5.80. The fraction of sp³-hybridized carbons (Fsp3) is 0.938. The summed E-state index contributed by atoms with van der Waals surface area (Å²) in [4.78, 5) is 6.53. The molecule has 1 aliphatic heterocycles. The quantitative estimate of drug-likeness (QED) is 0.580. The third kappa shape index (κ3) is 6.97. The van der Waals surface area contributed by atoms with Gasteiger partial charge >= 0.3 is 6.18 Å². The fourth-order valence-electron chi connectivity index (χ4n) is 3.48. The van der Waals surface area contributed by atoms with Crippen LogP contribution in [-0.4, -0.2) is 55.8 Å². The summed E-state index contributed by atoms with van der Waals surface area (Å²) < 4.78 is 36.7. The fourth-order valence-corrected chi connectivity index (χ4v) is 3.48. The highest BCUT2D eigenvalue weighted by Gasteiger charge is 2.28. The lowest BCUT2D eigenvalue weighted by molar-refractivity contribution is -0.132. The molecular formula is C16H29F3N4. The Morgan fingerprint density at radius 3 is 2.61 bits per heavy atom. The van der Waals surface area contributed by atoms with Crippen molar-refractivity contribution in [2.24, 2.45) is 10.9 Å². The maximum absolute atomic E-state index is 12.2. The van der Waals surface area contributed by atoms with Crippen LogP contribution in [0.1, 0.15) is 45.4 Å². The first-order valence-corrected chi connectivity index (χ1v) is 8.80. The van der Waals surface area contributed by atoms with Gasteiger partial charge in [0, 0.05) is 32.2 Å². The molecular weight excluding hydrogens is 305 g/mol. The highest BCUT2D eigenvalue weighted by atomic mass is 19.4. The minimum atomic E-state index is -4.15. The van der Waals surface area contributed by atoms with Gasteiger partial charge in [-0.1, -0.05) is 12.8 Å². The van der Waals surface area contributed by atoms with Crippen molar-refractivity contribution in [1.29, 1.82) is 0 Å². The van der Waals surface area contributed by atoms with Crippen LogP contribution in [0.25, 0.3) is 0 Å². The molecule has 1 unspecified atom stereocenters. The first-order chi connectivity index (χ1) is 11.0. The van der Waals surface area contributed by atoms with Gasteiger partial charge in [0.2, 0.25) is 0 Å². The topological polar surface area (TPSA) is 39.7 Å². The third-order valence-electron chi connectivity index (χ3n) is 4.61. The number of hydrogen-bond donors (Lipinski definition) is 2. The minimum absolute atomic E-state index is 0.225. The number of nitrogens with one attached hydrogen (secondary N) is 2. The van der Waals surface area contributed by atoms with E-state index in [9.17, 15) is 13.2 Å². The number of aliphatic imine (C=N–C) groups is 1. The molecule has 1 atom stereocenters. The Kier molecular flexibility index (Phi) is 6.99. The summed E-state index contributed by atoms with van der Waals surface area (Å²) in [6, 6.07) is 0.278. The van der Waals surface area contributed by atoms with E-state index in [1.54, 1.807) is 0 Å². The van der Waals surface area contributed by atoms with Gasteiger partial charge in [0.15, 0.2) is 5.96 Å². The van der Waals surface area contributed by atoms with E-state index in [0.717, 1.165) is 25.4 Å². The van der Waals surface area contributed by atoms with Gasteiger partial charge < -0.3 is 15.5 Å². The van der Waals surface area contributed by atoms with Gasteiger partial charge in [0.1, 0.15) is 0 Å². The second-order valence-corrected chi connectivity index (χ2v) is 6.67. The molecule has 134 valence electrons. The van der Waals surface area contributed by atoms with Crippen molar-refractivity contribution in [3.8, 4) is 0 Å². The van der Waals surface area contributed by atoms with Crippen molar-refractivity contribution < 1.29 is 13.2 Å². The molecule has 1 saturated carbocycles. The molecule has 2 aliphatic rings. The number of guanidine groups is 1. The van der Waals surface area contributed by atoms with Crippen molar-refractivity contribution in [3.05, 3.63) is 0 Å². The Labute approximate surface area is 136 Å². The normalized spacial score (nSPS) is 24.3. The molecule has 4 nitrogen and oxygen atoms in total. The maximum atomic E-state index is 12.2. The molecule has 2 fully saturated rings. The van der Waals surface area contributed by atoms with Crippen molar-refractivity contribution in [2.45, 2.75) is 57.7 Å². The van der Waals surface area contributed by atoms with Crippen molar-refractivity contribution >= 4 is 5.96 Å². The van der Waals surface area contributed by atoms with Crippen LogP contribution in [-0.2, 0) is 0 Å². The molecule has 0 radical (unpaired) electrons. The Bertz CT molecular complexity index is 378. The summed E-state index contributed by atoms with van der Waals surface area (Å²) in [5, 5.41) is 6.32. The van der Waals surface area contributed by atoms with Crippen LogP contribution in [0, 0.1) is 5.92 Å². The summed E-state index contributed by atoms with van der Waals surface area (Å²) in [5.74, 6) is 1.34. The smallest absolute Gasteiger partial charge is 0.357 e. The van der Waals surface area contributed by atoms with Crippen LogP contribution in [0.3, 0.4) is 0 Å². The summed E-state index contributed by atoms with van der Waals surface area (Å²) in [6.07, 6.45) is 1.41. The van der Waals surface area contributed by atoms with Gasteiger partial charge in [-0.15, -0.1) is 0 Å². The SMILES string of the molecule is CCNC(=NCCC(F)(F)F)NC1CCN(CC2CCCC2)C1. The van der Waals surface area contributed by atoms with Crippen LogP contribution in [0.5, 0.6) is 0 Å². The molecule has 0 bridgehead atoms. The third-order valence-corrected chi connectivity index (χ3v) is 4.61. The number of alkyl halides is 3. The number of halogens is 3. The van der Waals surface area contributed by atoms with Crippen LogP contribution < -0.4 is 10.6 Å². The summed E-state index contributed by atoms with van der Waals surface area (Å²) in [7, 11) is 0. The molecule has 1 heterocycles. The second kappa shape index (κ2) is 8.76. The Morgan fingerprint density at radius 1 is 1.22 bits per heavy atom. The van der Waals surface area contributed by atoms with Gasteiger partial charge in [-0.3, -0.25) is 4.99 Å². The molecule has 0 spiro atoms. The lowest BCUT2D eigenvalue weighted by atomic mass is 10.1. The molecule has 2 rings (SSSR count). The van der Waals surface area contributed by atoms with E-state index in [0.29, 0.717) is 12.5 Å². The maximum Gasteiger partial charge on any atom is 0.390 e. The van der Waals surface area contributed by atoms with Crippen LogP contribution in [0.15, 0.2) is 4.99 Å². The zero-order valence-electron chi connectivity index (χ0n) is 14.0. The van der Waals surface area contributed by atoms with E-state index in [1.807, 2.05) is 6.92 Å². The molecule has 1 aliphatic carbocycles. The molecule has 0 aromatic heterocycles. The Balaban J connectivity index is 1.75. The molecule has 0 amide bonds. The second-order valence-electron chi connectivity index (χ2n) is 6.67. The summed E-state index contributed by atoms with van der Waals surface area (Å²) in [5.41, 5.74) is 0. The van der Waals surface area contributed by atoms with E-state index in [1.165, 1.54) is 32.2 Å². The van der Waals surface area contributed by atoms with E-state index in [4.69, 9.17) is 0 Å². The van der Waals surface area contributed by atoms with E-state index < -0.39 is 12.6 Å². The van der Waals surface area contributed by atoms with Gasteiger partial charge in [0.25, 0.3) is 0 Å². The highest BCUT2D eigenvalue weighted by Crippen LogP contribution is 2.26. The van der Waals surface area contributed by atoms with E-state index >= 15 is 0 Å². The van der Waals surface area contributed by atoms with Crippen LogP contribution in [0.4, 0.5) is 13.2 Å². The minimum Gasteiger partial charge on any atom is -0.357 e. The van der Waals surface area contributed by atoms with Crippen molar-refractivity contribution in [1.82, 2.24) is 15.5 Å². The average molecular weight is 334 g/mol. The van der Waals surface area contributed by atoms with E-state index in [-0.39, 0.29) is 12.6 Å². The summed E-state index contributed by atoms with van der Waals surface area (Å²) in [6.45, 7) is 5.53. The molecule has 1 saturated heterocycles. The Morgan fingerprint density at radius 2 is 1.96 bits per heavy atom. The largest absolute Gasteiger partial charge is 0.390 e. The van der Waals surface area contributed by atoms with Crippen LogP contribution >= 0.6 is 0 Å². The Hall–Kier alpha value is -0.980. The van der Waals surface area contributed by atoms with Crippen molar-refractivity contribution in [3.63, 3.8) is 0 Å². The van der Waals surface area contributed by atoms with Crippen molar-refractivity contribution in [2.75, 3.05) is 32.7 Å². The first-order valence-electron chi connectivity index (χ1n) is 8.80. The predicted molar refractivity (Wildman–Crippen MR) is 86.6 cm³/mol. The molecule has 0 aromatic rings. The summed E-state index contributed by atoms with van der Waals surface area (Å²) >= 11 is 0. The first kappa shape index (κ1) is 18.4. The zero-order chi connectivity index (χ0) is 16.7. The van der Waals surface area contributed by atoms with Gasteiger partial charge in [-0.05, 0) is 32.1 Å². The average Bonchev–Trinajstić information content (AvgIpc) is 3.10.